The Kier molecular flexibility index (Phi) is 8.81. The summed E-state index contributed by atoms with van der Waals surface area (Å²) in [5, 5.41) is 8.06. The van der Waals surface area contributed by atoms with E-state index in [-0.39, 0.29) is 23.9 Å². The summed E-state index contributed by atoms with van der Waals surface area (Å²) in [6, 6.07) is 4.38. The topological polar surface area (TPSA) is 86.4 Å². The highest BCUT2D eigenvalue weighted by Gasteiger charge is 2.12. The maximum absolute atomic E-state index is 12.5. The van der Waals surface area contributed by atoms with Gasteiger partial charge in [-0.3, -0.25) is 8.78 Å². The Morgan fingerprint density at radius 2 is 1.91 bits per heavy atom. The fourth-order valence-electron chi connectivity index (χ4n) is 2.81. The molecule has 1 aromatic carbocycles. The van der Waals surface area contributed by atoms with Gasteiger partial charge in [0.1, 0.15) is 23.1 Å². The van der Waals surface area contributed by atoms with E-state index in [9.17, 15) is 17.6 Å². The summed E-state index contributed by atoms with van der Waals surface area (Å²) in [6.07, 6.45) is 8.85. The second kappa shape index (κ2) is 12.0. The summed E-state index contributed by atoms with van der Waals surface area (Å²) < 4.78 is 56.3. The van der Waals surface area contributed by atoms with Gasteiger partial charge in [-0.05, 0) is 12.1 Å². The van der Waals surface area contributed by atoms with E-state index in [0.717, 1.165) is 0 Å². The summed E-state index contributed by atoms with van der Waals surface area (Å²) >= 11 is 5.83. The van der Waals surface area contributed by atoms with E-state index in [1.165, 1.54) is 16.8 Å². The molecule has 0 fully saturated rings. The number of aromatic amines is 1. The molecule has 3 aromatic heterocycles. The monoisotopic (exact) mass is 485 g/mol. The van der Waals surface area contributed by atoms with Crippen LogP contribution in [-0.2, 0) is 19.4 Å². The predicted octanol–water partition coefficient (Wildman–Crippen LogP) is 4.20. The van der Waals surface area contributed by atoms with Crippen molar-refractivity contribution < 1.29 is 22.3 Å². The number of H-pyrrole nitrogens is 1. The van der Waals surface area contributed by atoms with Crippen LogP contribution in [0.5, 0.6) is 5.75 Å². The molecule has 0 aliphatic carbocycles. The van der Waals surface area contributed by atoms with E-state index in [1.807, 2.05) is 0 Å². The molecule has 8 nitrogen and oxygen atoms in total. The van der Waals surface area contributed by atoms with Crippen molar-refractivity contribution in [2.75, 3.05) is 13.3 Å². The fourth-order valence-corrected chi connectivity index (χ4v) is 2.98. The van der Waals surface area contributed by atoms with Crippen LogP contribution in [-0.4, -0.2) is 54.5 Å². The standard InChI is InChI=1S/C15H13ClF3N5O.C5H7FN2/c16-12-2-1-11(7-13(12)25-15(18)19)24-9-10(21-22-24)8-23-6-5-20-14(23)3-4-17;6-2-1-5-7-3-4-8-5/h1-2,5-7,9,15H,3-4,8H2;3-4H,1-2H2,(H,7,8). The molecule has 1 N–H and O–H groups in total. The van der Waals surface area contributed by atoms with Crippen LogP contribution in [0.15, 0.2) is 49.2 Å². The smallest absolute Gasteiger partial charge is 0.387 e. The summed E-state index contributed by atoms with van der Waals surface area (Å²) in [4.78, 5) is 10.7. The van der Waals surface area contributed by atoms with E-state index < -0.39 is 13.3 Å². The first kappa shape index (κ1) is 24.2. The third kappa shape index (κ3) is 7.04. The molecular formula is C20H20ClF4N7O. The van der Waals surface area contributed by atoms with Crippen LogP contribution in [0.2, 0.25) is 5.02 Å². The number of rotatable bonds is 9. The first-order valence-electron chi connectivity index (χ1n) is 9.76. The average molecular weight is 486 g/mol. The zero-order valence-corrected chi connectivity index (χ0v) is 18.0. The van der Waals surface area contributed by atoms with Gasteiger partial charge in [-0.25, -0.2) is 14.6 Å². The number of imidazole rings is 2. The number of alkyl halides is 4. The summed E-state index contributed by atoms with van der Waals surface area (Å²) in [5.74, 6) is 1.18. The van der Waals surface area contributed by atoms with Crippen molar-refractivity contribution in [1.82, 2.24) is 34.5 Å². The normalized spacial score (nSPS) is 10.8. The van der Waals surface area contributed by atoms with E-state index in [1.54, 1.807) is 41.6 Å². The second-order valence-electron chi connectivity index (χ2n) is 6.53. The van der Waals surface area contributed by atoms with E-state index in [2.05, 4.69) is 30.0 Å². The molecule has 0 unspecified atom stereocenters. The Balaban J connectivity index is 0.000000323. The molecule has 4 rings (SSSR count). The maximum Gasteiger partial charge on any atom is 0.387 e. The predicted molar refractivity (Wildman–Crippen MR) is 112 cm³/mol. The molecule has 0 amide bonds. The number of hydrogen-bond donors (Lipinski definition) is 1. The molecule has 4 aromatic rings. The minimum atomic E-state index is -2.98. The van der Waals surface area contributed by atoms with Gasteiger partial charge < -0.3 is 14.3 Å². The Labute approximate surface area is 191 Å². The Bertz CT molecular complexity index is 1120. The number of hydrogen-bond acceptors (Lipinski definition) is 5. The van der Waals surface area contributed by atoms with Crippen molar-refractivity contribution in [3.63, 3.8) is 0 Å². The molecule has 0 aliphatic heterocycles. The average Bonchev–Trinajstić information content (AvgIpc) is 3.54. The van der Waals surface area contributed by atoms with Gasteiger partial charge in [-0.1, -0.05) is 16.8 Å². The van der Waals surface area contributed by atoms with Crippen LogP contribution in [0.3, 0.4) is 0 Å². The van der Waals surface area contributed by atoms with Gasteiger partial charge in [0, 0.05) is 43.7 Å². The highest BCUT2D eigenvalue weighted by molar-refractivity contribution is 6.32. The molecule has 0 saturated carbocycles. The molecule has 0 saturated heterocycles. The number of halogens is 5. The number of nitrogens with one attached hydrogen (secondary N) is 1. The number of aryl methyl sites for hydroxylation is 2. The van der Waals surface area contributed by atoms with Crippen LogP contribution in [0.25, 0.3) is 5.69 Å². The van der Waals surface area contributed by atoms with Crippen LogP contribution >= 0.6 is 11.6 Å². The molecule has 33 heavy (non-hydrogen) atoms. The van der Waals surface area contributed by atoms with Crippen LogP contribution in [0, 0.1) is 0 Å². The molecule has 0 radical (unpaired) electrons. The van der Waals surface area contributed by atoms with Crippen molar-refractivity contribution in [1.29, 1.82) is 0 Å². The molecule has 0 bridgehead atoms. The van der Waals surface area contributed by atoms with Gasteiger partial charge in [-0.2, -0.15) is 8.78 Å². The SMILES string of the molecule is FCCc1ncc[nH]1.FCCc1nccn1Cc1cn(-c2ccc(Cl)c(OC(F)F)c2)nn1. The van der Waals surface area contributed by atoms with Crippen LogP contribution in [0.4, 0.5) is 17.6 Å². The molecule has 0 atom stereocenters. The molecule has 13 heteroatoms. The minimum Gasteiger partial charge on any atom is -0.433 e. The van der Waals surface area contributed by atoms with E-state index in [0.29, 0.717) is 36.0 Å². The highest BCUT2D eigenvalue weighted by atomic mass is 35.5. The summed E-state index contributed by atoms with van der Waals surface area (Å²) in [7, 11) is 0. The van der Waals surface area contributed by atoms with Crippen molar-refractivity contribution in [3.8, 4) is 11.4 Å². The first-order valence-corrected chi connectivity index (χ1v) is 10.1. The van der Waals surface area contributed by atoms with Gasteiger partial charge in [0.05, 0.1) is 36.8 Å². The quantitative estimate of drug-likeness (QED) is 0.359. The third-order valence-corrected chi connectivity index (χ3v) is 4.59. The number of ether oxygens (including phenoxy) is 1. The maximum atomic E-state index is 12.5. The number of aromatic nitrogens is 7. The molecule has 3 heterocycles. The highest BCUT2D eigenvalue weighted by Crippen LogP contribution is 2.28. The Morgan fingerprint density at radius 3 is 2.61 bits per heavy atom. The molecule has 0 spiro atoms. The minimum absolute atomic E-state index is 0.0682. The number of benzene rings is 1. The van der Waals surface area contributed by atoms with Gasteiger partial charge in [0.25, 0.3) is 0 Å². The summed E-state index contributed by atoms with van der Waals surface area (Å²) in [5.41, 5.74) is 1.07. The zero-order chi connectivity index (χ0) is 23.6. The lowest BCUT2D eigenvalue weighted by molar-refractivity contribution is -0.0497. The van der Waals surface area contributed by atoms with Gasteiger partial charge in [-0.15, -0.1) is 5.10 Å². The van der Waals surface area contributed by atoms with Crippen LogP contribution in [0.1, 0.15) is 17.3 Å². The van der Waals surface area contributed by atoms with Crippen molar-refractivity contribution >= 4 is 11.6 Å². The third-order valence-electron chi connectivity index (χ3n) is 4.27. The van der Waals surface area contributed by atoms with Crippen molar-refractivity contribution in [2.24, 2.45) is 0 Å². The fraction of sp³-hybridized carbons (Fsp3) is 0.300. The Morgan fingerprint density at radius 1 is 1.09 bits per heavy atom. The van der Waals surface area contributed by atoms with Crippen molar-refractivity contribution in [2.45, 2.75) is 26.0 Å². The zero-order valence-electron chi connectivity index (χ0n) is 17.2. The second-order valence-corrected chi connectivity index (χ2v) is 6.94. The number of nitrogens with zero attached hydrogens (tertiary/aromatic N) is 6. The van der Waals surface area contributed by atoms with Crippen LogP contribution < -0.4 is 4.74 Å². The lowest BCUT2D eigenvalue weighted by atomic mass is 10.3. The van der Waals surface area contributed by atoms with Gasteiger partial charge in [0.15, 0.2) is 0 Å². The largest absolute Gasteiger partial charge is 0.433 e. The lowest BCUT2D eigenvalue weighted by Crippen LogP contribution is -2.05. The molecule has 0 aliphatic rings. The van der Waals surface area contributed by atoms with E-state index in [4.69, 9.17) is 11.6 Å². The molecular weight excluding hydrogens is 466 g/mol. The lowest BCUT2D eigenvalue weighted by Gasteiger charge is -2.08. The first-order chi connectivity index (χ1) is 16.0. The van der Waals surface area contributed by atoms with Gasteiger partial charge in [0.2, 0.25) is 0 Å². The van der Waals surface area contributed by atoms with E-state index >= 15 is 0 Å². The molecule has 176 valence electrons. The van der Waals surface area contributed by atoms with Crippen molar-refractivity contribution in [3.05, 3.63) is 71.5 Å². The Hall–Kier alpha value is -3.41. The summed E-state index contributed by atoms with van der Waals surface area (Å²) in [6.45, 7) is -3.45. The van der Waals surface area contributed by atoms with Gasteiger partial charge >= 0.3 is 6.61 Å².